The van der Waals surface area contributed by atoms with Gasteiger partial charge in [0.05, 0.1) is 0 Å². The molecule has 0 aliphatic heterocycles. The van der Waals surface area contributed by atoms with E-state index in [0.29, 0.717) is 11.1 Å². The fourth-order valence-corrected chi connectivity index (χ4v) is 1.74. The third kappa shape index (κ3) is 3.11. The van der Waals surface area contributed by atoms with Gasteiger partial charge in [-0.05, 0) is 24.3 Å². The van der Waals surface area contributed by atoms with Crippen molar-refractivity contribution in [2.75, 3.05) is 0 Å². The van der Waals surface area contributed by atoms with E-state index in [1.165, 1.54) is 30.4 Å². The number of carbonyl (C=O) groups is 2. The molecule has 4 nitrogen and oxygen atoms in total. The summed E-state index contributed by atoms with van der Waals surface area (Å²) in [4.78, 5) is 22.4. The lowest BCUT2D eigenvalue weighted by molar-refractivity contribution is 0.0994. The van der Waals surface area contributed by atoms with E-state index in [4.69, 9.17) is 10.2 Å². The number of allylic oxidation sites excluding steroid dienone is 2. The zero-order valence-electron chi connectivity index (χ0n) is 10.5. The molecule has 0 amide bonds. The number of hydrogen-bond donors (Lipinski definition) is 2. The highest BCUT2D eigenvalue weighted by Crippen LogP contribution is 2.16. The lowest BCUT2D eigenvalue weighted by atomic mass is 9.95. The molecule has 0 heterocycles. The Labute approximate surface area is 115 Å². The van der Waals surface area contributed by atoms with Crippen molar-refractivity contribution in [3.63, 3.8) is 0 Å². The van der Waals surface area contributed by atoms with Crippen molar-refractivity contribution in [1.82, 2.24) is 0 Å². The summed E-state index contributed by atoms with van der Waals surface area (Å²) >= 11 is 0. The monoisotopic (exact) mass is 268 g/mol. The van der Waals surface area contributed by atoms with Crippen molar-refractivity contribution < 1.29 is 19.8 Å². The van der Waals surface area contributed by atoms with Crippen LogP contribution >= 0.6 is 0 Å². The van der Waals surface area contributed by atoms with Crippen molar-refractivity contribution in [3.05, 3.63) is 71.8 Å². The molecule has 4 heteroatoms. The van der Waals surface area contributed by atoms with E-state index in [-0.39, 0.29) is 23.1 Å². The molecule has 0 saturated carbocycles. The molecular formula is C16H12O4. The van der Waals surface area contributed by atoms with Gasteiger partial charge < -0.3 is 10.2 Å². The van der Waals surface area contributed by atoms with E-state index < -0.39 is 0 Å². The fraction of sp³-hybridized carbons (Fsp3) is 0. The van der Waals surface area contributed by atoms with Gasteiger partial charge in [0.2, 0.25) is 0 Å². The third-order valence-corrected chi connectivity index (χ3v) is 2.67. The number of phenolic OH excluding ortho intramolecular Hbond substituents is 2. The molecule has 3 rings (SSSR count). The molecule has 0 spiro atoms. The standard InChI is InChI=1S/C10H6O2.C6H6O2/c11-9-5-6-10(12)8-4-2-1-3-7(8)9;7-5-2-1-3-6(8)4-5/h1-6H;1-4,7-8H. The van der Waals surface area contributed by atoms with Crippen LogP contribution in [0.5, 0.6) is 11.5 Å². The largest absolute Gasteiger partial charge is 0.508 e. The molecule has 1 aliphatic rings. The van der Waals surface area contributed by atoms with E-state index in [1.54, 1.807) is 30.3 Å². The van der Waals surface area contributed by atoms with Crippen molar-refractivity contribution in [2.45, 2.75) is 0 Å². The Balaban J connectivity index is 0.000000160. The van der Waals surface area contributed by atoms with Crippen molar-refractivity contribution in [3.8, 4) is 11.5 Å². The summed E-state index contributed by atoms with van der Waals surface area (Å²) in [7, 11) is 0. The van der Waals surface area contributed by atoms with Crippen LogP contribution in [-0.4, -0.2) is 21.8 Å². The number of phenols is 2. The van der Waals surface area contributed by atoms with Gasteiger partial charge in [-0.3, -0.25) is 9.59 Å². The maximum absolute atomic E-state index is 11.2. The highest BCUT2D eigenvalue weighted by atomic mass is 16.3. The number of ketones is 2. The Morgan fingerprint density at radius 3 is 1.45 bits per heavy atom. The Kier molecular flexibility index (Phi) is 3.96. The molecule has 0 unspecified atom stereocenters. The van der Waals surface area contributed by atoms with Crippen LogP contribution in [0.4, 0.5) is 0 Å². The average molecular weight is 268 g/mol. The Hall–Kier alpha value is -2.88. The van der Waals surface area contributed by atoms with Gasteiger partial charge in [-0.2, -0.15) is 0 Å². The molecule has 20 heavy (non-hydrogen) atoms. The Morgan fingerprint density at radius 1 is 0.650 bits per heavy atom. The number of benzene rings is 2. The van der Waals surface area contributed by atoms with E-state index in [0.717, 1.165) is 0 Å². The second-order valence-corrected chi connectivity index (χ2v) is 4.13. The molecule has 0 bridgehead atoms. The number of fused-ring (bicyclic) bond motifs is 1. The first-order valence-corrected chi connectivity index (χ1v) is 5.91. The first-order valence-electron chi connectivity index (χ1n) is 5.91. The molecule has 2 aromatic carbocycles. The van der Waals surface area contributed by atoms with Gasteiger partial charge in [0, 0.05) is 17.2 Å². The van der Waals surface area contributed by atoms with Crippen molar-refractivity contribution in [1.29, 1.82) is 0 Å². The highest BCUT2D eigenvalue weighted by Gasteiger charge is 2.16. The number of carbonyl (C=O) groups excluding carboxylic acids is 2. The molecular weight excluding hydrogens is 256 g/mol. The third-order valence-electron chi connectivity index (χ3n) is 2.67. The van der Waals surface area contributed by atoms with E-state index in [2.05, 4.69) is 0 Å². The summed E-state index contributed by atoms with van der Waals surface area (Å²) in [5.74, 6) is -0.00889. The van der Waals surface area contributed by atoms with Gasteiger partial charge >= 0.3 is 0 Å². The maximum atomic E-state index is 11.2. The second-order valence-electron chi connectivity index (χ2n) is 4.13. The molecule has 0 aromatic heterocycles. The minimum absolute atomic E-state index is 0.0880. The predicted molar refractivity (Wildman–Crippen MR) is 74.0 cm³/mol. The lowest BCUT2D eigenvalue weighted by Crippen LogP contribution is -2.10. The predicted octanol–water partition coefficient (Wildman–Crippen LogP) is 2.72. The summed E-state index contributed by atoms with van der Waals surface area (Å²) in [5.41, 5.74) is 1.01. The quantitative estimate of drug-likeness (QED) is 0.770. The summed E-state index contributed by atoms with van der Waals surface area (Å²) in [5, 5.41) is 17.3. The van der Waals surface area contributed by atoms with Crippen LogP contribution in [0.25, 0.3) is 0 Å². The Bertz CT molecular complexity index is 632. The smallest absolute Gasteiger partial charge is 0.186 e. The molecule has 2 aromatic rings. The van der Waals surface area contributed by atoms with Crippen LogP contribution in [0.3, 0.4) is 0 Å². The molecule has 0 radical (unpaired) electrons. The molecule has 0 fully saturated rings. The van der Waals surface area contributed by atoms with E-state index in [9.17, 15) is 9.59 Å². The van der Waals surface area contributed by atoms with Crippen LogP contribution in [0.15, 0.2) is 60.7 Å². The van der Waals surface area contributed by atoms with E-state index >= 15 is 0 Å². The van der Waals surface area contributed by atoms with Gasteiger partial charge in [0.25, 0.3) is 0 Å². The van der Waals surface area contributed by atoms with E-state index in [1.807, 2.05) is 0 Å². The zero-order chi connectivity index (χ0) is 14.5. The lowest BCUT2D eigenvalue weighted by Gasteiger charge is -2.06. The summed E-state index contributed by atoms with van der Waals surface area (Å²) in [6.45, 7) is 0. The maximum Gasteiger partial charge on any atom is 0.186 e. The average Bonchev–Trinajstić information content (AvgIpc) is 2.44. The van der Waals surface area contributed by atoms with Gasteiger partial charge in [-0.15, -0.1) is 0 Å². The topological polar surface area (TPSA) is 74.6 Å². The van der Waals surface area contributed by atoms with Crippen molar-refractivity contribution in [2.24, 2.45) is 0 Å². The minimum Gasteiger partial charge on any atom is -0.508 e. The van der Waals surface area contributed by atoms with Crippen LogP contribution in [0, 0.1) is 0 Å². The summed E-state index contributed by atoms with van der Waals surface area (Å²) < 4.78 is 0. The number of hydrogen-bond acceptors (Lipinski definition) is 4. The highest BCUT2D eigenvalue weighted by molar-refractivity contribution is 6.21. The first-order chi connectivity index (χ1) is 9.58. The molecule has 1 aliphatic carbocycles. The molecule has 0 atom stereocenters. The second kappa shape index (κ2) is 5.84. The fourth-order valence-electron chi connectivity index (χ4n) is 1.74. The van der Waals surface area contributed by atoms with Gasteiger partial charge in [-0.1, -0.05) is 30.3 Å². The summed E-state index contributed by atoms with van der Waals surface area (Å²) in [6.07, 6.45) is 2.62. The molecule has 2 N–H and O–H groups in total. The van der Waals surface area contributed by atoms with Gasteiger partial charge in [0.1, 0.15) is 11.5 Å². The number of aromatic hydroxyl groups is 2. The normalized spacial score (nSPS) is 12.4. The van der Waals surface area contributed by atoms with Crippen LogP contribution in [-0.2, 0) is 0 Å². The van der Waals surface area contributed by atoms with Crippen LogP contribution in [0.2, 0.25) is 0 Å². The van der Waals surface area contributed by atoms with Crippen molar-refractivity contribution >= 4 is 11.6 Å². The SMILES string of the molecule is O=C1C=CC(=O)c2ccccc21.Oc1cccc(O)c1. The number of rotatable bonds is 0. The van der Waals surface area contributed by atoms with Crippen LogP contribution in [0.1, 0.15) is 20.7 Å². The minimum atomic E-state index is -0.0924. The van der Waals surface area contributed by atoms with Crippen LogP contribution < -0.4 is 0 Å². The zero-order valence-corrected chi connectivity index (χ0v) is 10.5. The van der Waals surface area contributed by atoms with Gasteiger partial charge in [-0.25, -0.2) is 0 Å². The Morgan fingerprint density at radius 2 is 1.10 bits per heavy atom. The molecule has 100 valence electrons. The molecule has 0 saturated heterocycles. The van der Waals surface area contributed by atoms with Gasteiger partial charge in [0.15, 0.2) is 11.6 Å². The summed E-state index contributed by atoms with van der Waals surface area (Å²) in [6, 6.07) is 12.7. The first kappa shape index (κ1) is 13.5.